The van der Waals surface area contributed by atoms with Crippen molar-refractivity contribution in [2.24, 2.45) is 0 Å². The van der Waals surface area contributed by atoms with Crippen molar-refractivity contribution >= 4 is 5.57 Å². The maximum Gasteiger partial charge on any atom is 0.274 e. The molecule has 0 heterocycles. The largest absolute Gasteiger partial charge is 0.497 e. The molecule has 5 heteroatoms. The fraction of sp³-hybridized carbons (Fsp3) is 0.364. The number of hydrogen-bond acceptors (Lipinski definition) is 3. The third-order valence-corrected chi connectivity index (χ3v) is 4.69. The fourth-order valence-electron chi connectivity index (χ4n) is 2.87. The van der Waals surface area contributed by atoms with E-state index in [-0.39, 0.29) is 18.4 Å². The molecule has 27 heavy (non-hydrogen) atoms. The summed E-state index contributed by atoms with van der Waals surface area (Å²) in [5, 5.41) is 10.6. The van der Waals surface area contributed by atoms with Crippen LogP contribution >= 0.6 is 0 Å². The lowest BCUT2D eigenvalue weighted by Crippen LogP contribution is -2.24. The first-order valence-electron chi connectivity index (χ1n) is 8.88. The highest BCUT2D eigenvalue weighted by molar-refractivity contribution is 5.66. The van der Waals surface area contributed by atoms with Crippen LogP contribution in [-0.4, -0.2) is 24.9 Å². The van der Waals surface area contributed by atoms with Crippen LogP contribution in [0.15, 0.2) is 54.6 Å². The molecule has 0 aliphatic heterocycles. The second kappa shape index (κ2) is 9.51. The van der Waals surface area contributed by atoms with Crippen molar-refractivity contribution in [1.29, 1.82) is 0 Å². The van der Waals surface area contributed by atoms with Crippen LogP contribution in [0.3, 0.4) is 0 Å². The molecule has 0 aliphatic rings. The van der Waals surface area contributed by atoms with Crippen molar-refractivity contribution in [2.45, 2.75) is 38.2 Å². The van der Waals surface area contributed by atoms with Gasteiger partial charge in [0.25, 0.3) is 6.08 Å². The molecule has 2 aromatic rings. The highest BCUT2D eigenvalue weighted by Gasteiger charge is 2.22. The van der Waals surface area contributed by atoms with Crippen molar-refractivity contribution in [1.82, 2.24) is 0 Å². The van der Waals surface area contributed by atoms with Crippen LogP contribution in [0, 0.1) is 0 Å². The van der Waals surface area contributed by atoms with E-state index in [2.05, 4.69) is 0 Å². The van der Waals surface area contributed by atoms with Gasteiger partial charge in [0.2, 0.25) is 0 Å². The zero-order valence-corrected chi connectivity index (χ0v) is 16.0. The van der Waals surface area contributed by atoms with Crippen LogP contribution in [-0.2, 0) is 6.42 Å². The van der Waals surface area contributed by atoms with Gasteiger partial charge in [-0.2, -0.15) is 8.78 Å². The molecule has 0 radical (unpaired) electrons. The van der Waals surface area contributed by atoms with Crippen LogP contribution < -0.4 is 9.47 Å². The molecule has 0 aliphatic carbocycles. The number of allylic oxidation sites excluding steroid dienone is 1. The monoisotopic (exact) mass is 376 g/mol. The molecular formula is C22H26F2O3. The Kier molecular flexibility index (Phi) is 7.36. The standard InChI is InChI=1S/C22H26F2O3/c1-22(25,14-12-16-4-8-18(26-2)9-5-16)15-13-20(21(23)24)17-6-10-19(27-3)11-7-17/h4-11,25H,12-15H2,1-3H3. The molecular weight excluding hydrogens is 350 g/mol. The molecule has 0 spiro atoms. The summed E-state index contributed by atoms with van der Waals surface area (Å²) in [5.74, 6) is 1.39. The van der Waals surface area contributed by atoms with Crippen LogP contribution in [0.1, 0.15) is 37.3 Å². The lowest BCUT2D eigenvalue weighted by Gasteiger charge is -2.24. The molecule has 3 nitrogen and oxygen atoms in total. The predicted octanol–water partition coefficient (Wildman–Crippen LogP) is 5.48. The van der Waals surface area contributed by atoms with Crippen LogP contribution in [0.25, 0.3) is 5.57 Å². The maximum atomic E-state index is 13.4. The molecule has 0 amide bonds. The Morgan fingerprint density at radius 2 is 1.41 bits per heavy atom. The summed E-state index contributed by atoms with van der Waals surface area (Å²) < 4.78 is 37.0. The first kappa shape index (κ1) is 20.9. The minimum atomic E-state index is -1.72. The van der Waals surface area contributed by atoms with E-state index in [1.807, 2.05) is 24.3 Å². The summed E-state index contributed by atoms with van der Waals surface area (Å²) in [7, 11) is 3.14. The summed E-state index contributed by atoms with van der Waals surface area (Å²) >= 11 is 0. The Labute approximate surface area is 159 Å². The Bertz CT molecular complexity index is 746. The minimum Gasteiger partial charge on any atom is -0.497 e. The third-order valence-electron chi connectivity index (χ3n) is 4.69. The van der Waals surface area contributed by atoms with E-state index in [0.29, 0.717) is 24.2 Å². The number of ether oxygens (including phenoxy) is 2. The van der Waals surface area contributed by atoms with Gasteiger partial charge in [-0.1, -0.05) is 24.3 Å². The number of rotatable bonds is 9. The number of halogens is 2. The predicted molar refractivity (Wildman–Crippen MR) is 103 cm³/mol. The van der Waals surface area contributed by atoms with Crippen molar-refractivity contribution in [3.05, 3.63) is 65.7 Å². The molecule has 1 atom stereocenters. The van der Waals surface area contributed by atoms with E-state index >= 15 is 0 Å². The first-order valence-corrected chi connectivity index (χ1v) is 8.88. The quantitative estimate of drug-likeness (QED) is 0.630. The lowest BCUT2D eigenvalue weighted by molar-refractivity contribution is 0.0437. The highest BCUT2D eigenvalue weighted by atomic mass is 19.3. The van der Waals surface area contributed by atoms with E-state index in [1.54, 1.807) is 38.3 Å². The molecule has 2 rings (SSSR count). The molecule has 2 aromatic carbocycles. The smallest absolute Gasteiger partial charge is 0.274 e. The van der Waals surface area contributed by atoms with Crippen LogP contribution in [0.4, 0.5) is 8.78 Å². The molecule has 0 bridgehead atoms. The number of aryl methyl sites for hydroxylation is 1. The van der Waals surface area contributed by atoms with Crippen molar-refractivity contribution in [2.75, 3.05) is 14.2 Å². The Morgan fingerprint density at radius 1 is 0.889 bits per heavy atom. The normalized spacial score (nSPS) is 13.0. The number of hydrogen-bond donors (Lipinski definition) is 1. The second-order valence-corrected chi connectivity index (χ2v) is 6.81. The van der Waals surface area contributed by atoms with Crippen molar-refractivity contribution < 1.29 is 23.4 Å². The van der Waals surface area contributed by atoms with E-state index in [0.717, 1.165) is 11.3 Å². The third kappa shape index (κ3) is 6.36. The Balaban J connectivity index is 1.96. The highest BCUT2D eigenvalue weighted by Crippen LogP contribution is 2.31. The summed E-state index contributed by atoms with van der Waals surface area (Å²) in [4.78, 5) is 0. The topological polar surface area (TPSA) is 38.7 Å². The van der Waals surface area contributed by atoms with Gasteiger partial charge in [-0.05, 0) is 68.0 Å². The number of benzene rings is 2. The Morgan fingerprint density at radius 3 is 1.89 bits per heavy atom. The lowest BCUT2D eigenvalue weighted by atomic mass is 9.89. The van der Waals surface area contributed by atoms with Gasteiger partial charge in [0, 0.05) is 5.57 Å². The van der Waals surface area contributed by atoms with Gasteiger partial charge in [0.15, 0.2) is 0 Å². The molecule has 1 N–H and O–H groups in total. The maximum absolute atomic E-state index is 13.4. The van der Waals surface area contributed by atoms with Crippen LogP contribution in [0.2, 0.25) is 0 Å². The van der Waals surface area contributed by atoms with Gasteiger partial charge >= 0.3 is 0 Å². The number of methoxy groups -OCH3 is 2. The molecule has 146 valence electrons. The van der Waals surface area contributed by atoms with E-state index in [9.17, 15) is 13.9 Å². The van der Waals surface area contributed by atoms with Gasteiger partial charge in [0.1, 0.15) is 11.5 Å². The molecule has 0 saturated heterocycles. The molecule has 0 saturated carbocycles. The summed E-state index contributed by atoms with van der Waals surface area (Å²) in [6.07, 6.45) is -0.211. The SMILES string of the molecule is COc1ccc(CCC(C)(O)CCC(=C(F)F)c2ccc(OC)cc2)cc1. The summed E-state index contributed by atoms with van der Waals surface area (Å²) in [6.45, 7) is 1.69. The van der Waals surface area contributed by atoms with Gasteiger partial charge in [-0.25, -0.2) is 0 Å². The van der Waals surface area contributed by atoms with Gasteiger partial charge in [0.05, 0.1) is 19.8 Å². The average Bonchev–Trinajstić information content (AvgIpc) is 2.67. The van der Waals surface area contributed by atoms with Gasteiger partial charge < -0.3 is 14.6 Å². The van der Waals surface area contributed by atoms with Crippen molar-refractivity contribution in [3.8, 4) is 11.5 Å². The molecule has 0 aromatic heterocycles. The summed E-state index contributed by atoms with van der Waals surface area (Å²) in [5.41, 5.74) is 0.440. The summed E-state index contributed by atoms with van der Waals surface area (Å²) in [6, 6.07) is 14.1. The van der Waals surface area contributed by atoms with Crippen LogP contribution in [0.5, 0.6) is 11.5 Å². The number of aliphatic hydroxyl groups is 1. The Hall–Kier alpha value is -2.40. The molecule has 1 unspecified atom stereocenters. The minimum absolute atomic E-state index is 0.0395. The van der Waals surface area contributed by atoms with Crippen molar-refractivity contribution in [3.63, 3.8) is 0 Å². The van der Waals surface area contributed by atoms with E-state index in [4.69, 9.17) is 9.47 Å². The first-order chi connectivity index (χ1) is 12.8. The van der Waals surface area contributed by atoms with Gasteiger partial charge in [-0.15, -0.1) is 0 Å². The fourth-order valence-corrected chi connectivity index (χ4v) is 2.87. The molecule has 0 fully saturated rings. The van der Waals surface area contributed by atoms with E-state index in [1.165, 1.54) is 7.11 Å². The second-order valence-electron chi connectivity index (χ2n) is 6.81. The average molecular weight is 376 g/mol. The zero-order valence-electron chi connectivity index (χ0n) is 16.0. The zero-order chi connectivity index (χ0) is 19.9. The van der Waals surface area contributed by atoms with Gasteiger partial charge in [-0.3, -0.25) is 0 Å². The van der Waals surface area contributed by atoms with E-state index < -0.39 is 11.7 Å².